The molecule has 0 bridgehead atoms. The van der Waals surface area contributed by atoms with E-state index in [9.17, 15) is 14.0 Å². The molecule has 3 aromatic carbocycles. The Morgan fingerprint density at radius 2 is 1.55 bits per heavy atom. The van der Waals surface area contributed by atoms with Gasteiger partial charge in [0.15, 0.2) is 0 Å². The number of benzene rings is 3. The minimum atomic E-state index is -0.495. The average Bonchev–Trinajstić information content (AvgIpc) is 2.76. The Balaban J connectivity index is 1.74. The molecule has 0 saturated carbocycles. The second-order valence-corrected chi connectivity index (χ2v) is 7.43. The molecule has 0 atom stereocenters. The van der Waals surface area contributed by atoms with Crippen LogP contribution < -0.4 is 10.6 Å². The summed E-state index contributed by atoms with van der Waals surface area (Å²) in [5.41, 5.74) is 9.15. The number of nitrogens with zero attached hydrogens (tertiary/aromatic N) is 2. The van der Waals surface area contributed by atoms with E-state index in [1.807, 2.05) is 48.3 Å². The van der Waals surface area contributed by atoms with Gasteiger partial charge in [-0.05, 0) is 48.0 Å². The van der Waals surface area contributed by atoms with Crippen molar-refractivity contribution in [3.05, 3.63) is 90.2 Å². The Labute approximate surface area is 181 Å². The minimum absolute atomic E-state index is 0.0314. The monoisotopic (exact) mass is 419 g/mol. The van der Waals surface area contributed by atoms with Crippen LogP contribution in [0.2, 0.25) is 0 Å². The number of likely N-dealkylation sites (N-methyl/N-ethyl adjacent to an activating group) is 1. The maximum atomic E-state index is 13.3. The van der Waals surface area contributed by atoms with Crippen LogP contribution in [0, 0.1) is 5.82 Å². The van der Waals surface area contributed by atoms with E-state index in [0.717, 1.165) is 16.7 Å². The van der Waals surface area contributed by atoms with Gasteiger partial charge in [-0.15, -0.1) is 0 Å². The van der Waals surface area contributed by atoms with E-state index in [1.165, 1.54) is 29.2 Å². The minimum Gasteiger partial charge on any atom is -0.370 e. The number of hydrogen-bond donors (Lipinski definition) is 1. The summed E-state index contributed by atoms with van der Waals surface area (Å²) in [7, 11) is 1.87. The van der Waals surface area contributed by atoms with Crippen molar-refractivity contribution in [1.29, 1.82) is 0 Å². The van der Waals surface area contributed by atoms with Crippen LogP contribution in [0.5, 0.6) is 0 Å². The molecule has 0 aromatic heterocycles. The van der Waals surface area contributed by atoms with Crippen molar-refractivity contribution in [2.24, 2.45) is 5.73 Å². The highest BCUT2D eigenvalue weighted by Gasteiger charge is 2.19. The van der Waals surface area contributed by atoms with Crippen LogP contribution in [-0.2, 0) is 16.1 Å². The Hall–Kier alpha value is -3.51. The molecule has 0 aliphatic rings. The van der Waals surface area contributed by atoms with Crippen molar-refractivity contribution < 1.29 is 14.0 Å². The second-order valence-electron chi connectivity index (χ2n) is 7.43. The van der Waals surface area contributed by atoms with Crippen LogP contribution in [-0.4, -0.2) is 36.9 Å². The lowest BCUT2D eigenvalue weighted by atomic mass is 9.99. The van der Waals surface area contributed by atoms with Gasteiger partial charge in [0.25, 0.3) is 0 Å². The predicted octanol–water partition coefficient (Wildman–Crippen LogP) is 3.83. The van der Waals surface area contributed by atoms with Crippen molar-refractivity contribution in [3.63, 3.8) is 0 Å². The zero-order chi connectivity index (χ0) is 22.2. The Morgan fingerprint density at radius 3 is 2.23 bits per heavy atom. The molecule has 5 nitrogen and oxygen atoms in total. The second kappa shape index (κ2) is 10.5. The largest absolute Gasteiger partial charge is 0.370 e. The van der Waals surface area contributed by atoms with Gasteiger partial charge in [0.1, 0.15) is 5.82 Å². The number of nitrogens with two attached hydrogens (primary N) is 1. The summed E-state index contributed by atoms with van der Waals surface area (Å²) >= 11 is 0. The van der Waals surface area contributed by atoms with Crippen molar-refractivity contribution in [2.45, 2.75) is 13.0 Å². The SMILES string of the molecule is CN(CC(=O)N(CCC(N)=O)c1ccc(F)cc1)Cc1ccccc1-c1ccccc1. The van der Waals surface area contributed by atoms with Crippen LogP contribution in [0.3, 0.4) is 0 Å². The van der Waals surface area contributed by atoms with Crippen LogP contribution in [0.25, 0.3) is 11.1 Å². The van der Waals surface area contributed by atoms with Crippen molar-refractivity contribution in [3.8, 4) is 11.1 Å². The first-order valence-corrected chi connectivity index (χ1v) is 10.1. The predicted molar refractivity (Wildman–Crippen MR) is 121 cm³/mol. The van der Waals surface area contributed by atoms with E-state index in [0.29, 0.717) is 12.2 Å². The number of rotatable bonds is 9. The number of anilines is 1. The molecule has 0 aliphatic carbocycles. The molecular weight excluding hydrogens is 393 g/mol. The molecule has 0 aliphatic heterocycles. The zero-order valence-corrected chi connectivity index (χ0v) is 17.5. The van der Waals surface area contributed by atoms with Crippen molar-refractivity contribution in [1.82, 2.24) is 4.90 Å². The molecule has 160 valence electrons. The van der Waals surface area contributed by atoms with Gasteiger partial charge in [0.2, 0.25) is 11.8 Å². The third kappa shape index (κ3) is 6.23. The van der Waals surface area contributed by atoms with E-state index < -0.39 is 5.91 Å². The van der Waals surface area contributed by atoms with Crippen LogP contribution in [0.4, 0.5) is 10.1 Å². The number of halogens is 1. The van der Waals surface area contributed by atoms with Gasteiger partial charge in [0.05, 0.1) is 6.54 Å². The van der Waals surface area contributed by atoms with Gasteiger partial charge in [-0.25, -0.2) is 4.39 Å². The number of hydrogen-bond acceptors (Lipinski definition) is 3. The lowest BCUT2D eigenvalue weighted by Gasteiger charge is -2.26. The normalized spacial score (nSPS) is 10.8. The summed E-state index contributed by atoms with van der Waals surface area (Å²) in [5.74, 6) is -1.07. The first-order valence-electron chi connectivity index (χ1n) is 10.1. The third-order valence-corrected chi connectivity index (χ3v) is 4.97. The highest BCUT2D eigenvalue weighted by Crippen LogP contribution is 2.24. The highest BCUT2D eigenvalue weighted by atomic mass is 19.1. The molecule has 2 amide bonds. The maximum absolute atomic E-state index is 13.3. The molecule has 0 unspecified atom stereocenters. The number of carbonyl (C=O) groups is 2. The van der Waals surface area contributed by atoms with Gasteiger partial charge >= 0.3 is 0 Å². The molecular formula is C25H26FN3O2. The molecule has 0 heterocycles. The van der Waals surface area contributed by atoms with Crippen LogP contribution in [0.1, 0.15) is 12.0 Å². The fourth-order valence-corrected chi connectivity index (χ4v) is 3.46. The van der Waals surface area contributed by atoms with Crippen LogP contribution in [0.15, 0.2) is 78.9 Å². The highest BCUT2D eigenvalue weighted by molar-refractivity contribution is 5.95. The van der Waals surface area contributed by atoms with Crippen molar-refractivity contribution in [2.75, 3.05) is 25.0 Å². The smallest absolute Gasteiger partial charge is 0.241 e. The molecule has 0 radical (unpaired) electrons. The van der Waals surface area contributed by atoms with Gasteiger partial charge < -0.3 is 10.6 Å². The quantitative estimate of drug-likeness (QED) is 0.573. The molecule has 3 aromatic rings. The molecule has 6 heteroatoms. The van der Waals surface area contributed by atoms with E-state index in [1.54, 1.807) is 0 Å². The van der Waals surface area contributed by atoms with Gasteiger partial charge in [-0.1, -0.05) is 54.6 Å². The summed E-state index contributed by atoms with van der Waals surface area (Å²) < 4.78 is 13.3. The molecule has 3 rings (SSSR count). The fraction of sp³-hybridized carbons (Fsp3) is 0.200. The van der Waals surface area contributed by atoms with Gasteiger partial charge in [0, 0.05) is 25.2 Å². The van der Waals surface area contributed by atoms with E-state index in [4.69, 9.17) is 5.73 Å². The zero-order valence-electron chi connectivity index (χ0n) is 17.5. The average molecular weight is 420 g/mol. The Kier molecular flexibility index (Phi) is 7.51. The Bertz CT molecular complexity index is 1020. The molecule has 31 heavy (non-hydrogen) atoms. The summed E-state index contributed by atoms with van der Waals surface area (Å²) in [4.78, 5) is 27.7. The molecule has 0 saturated heterocycles. The first kappa shape index (κ1) is 22.2. The summed E-state index contributed by atoms with van der Waals surface area (Å²) in [6.07, 6.45) is 0.0314. The van der Waals surface area contributed by atoms with E-state index in [-0.39, 0.29) is 31.2 Å². The summed E-state index contributed by atoms with van der Waals surface area (Å²) in [6.45, 7) is 0.859. The first-order chi connectivity index (χ1) is 14.9. The lowest BCUT2D eigenvalue weighted by Crippen LogP contribution is -2.40. The van der Waals surface area contributed by atoms with Gasteiger partial charge in [-0.2, -0.15) is 0 Å². The van der Waals surface area contributed by atoms with Crippen LogP contribution >= 0.6 is 0 Å². The van der Waals surface area contributed by atoms with Gasteiger partial charge in [-0.3, -0.25) is 14.5 Å². The van der Waals surface area contributed by atoms with E-state index >= 15 is 0 Å². The molecule has 0 spiro atoms. The topological polar surface area (TPSA) is 66.6 Å². The fourth-order valence-electron chi connectivity index (χ4n) is 3.46. The number of primary amides is 1. The summed E-state index contributed by atoms with van der Waals surface area (Å²) in [5, 5.41) is 0. The summed E-state index contributed by atoms with van der Waals surface area (Å²) in [6, 6.07) is 23.8. The standard InChI is InChI=1S/C25H26FN3O2/c1-28(17-20-9-5-6-10-23(20)19-7-3-2-4-8-19)18-25(31)29(16-15-24(27)30)22-13-11-21(26)12-14-22/h2-14H,15-18H2,1H3,(H2,27,30). The Morgan fingerprint density at radius 1 is 0.903 bits per heavy atom. The van der Waals surface area contributed by atoms with E-state index in [2.05, 4.69) is 18.2 Å². The molecule has 2 N–H and O–H groups in total. The third-order valence-electron chi connectivity index (χ3n) is 4.97. The number of carbonyl (C=O) groups excluding carboxylic acids is 2. The maximum Gasteiger partial charge on any atom is 0.241 e. The molecule has 0 fully saturated rings. The lowest BCUT2D eigenvalue weighted by molar-refractivity contribution is -0.120. The van der Waals surface area contributed by atoms with Crippen molar-refractivity contribution >= 4 is 17.5 Å². The number of amides is 2.